The van der Waals surface area contributed by atoms with E-state index in [2.05, 4.69) is 17.6 Å². The van der Waals surface area contributed by atoms with Gasteiger partial charge in [-0.05, 0) is 30.9 Å². The third-order valence-corrected chi connectivity index (χ3v) is 3.21. The molecule has 1 atom stereocenters. The predicted octanol–water partition coefficient (Wildman–Crippen LogP) is 2.75. The summed E-state index contributed by atoms with van der Waals surface area (Å²) in [6.07, 6.45) is 2.55. The van der Waals surface area contributed by atoms with Gasteiger partial charge >= 0.3 is 6.03 Å². The van der Waals surface area contributed by atoms with Crippen LogP contribution in [0.3, 0.4) is 0 Å². The first-order chi connectivity index (χ1) is 10.1. The van der Waals surface area contributed by atoms with Gasteiger partial charge in [0.1, 0.15) is 11.6 Å². The van der Waals surface area contributed by atoms with Crippen molar-refractivity contribution in [1.82, 2.24) is 5.32 Å². The Morgan fingerprint density at radius 3 is 2.81 bits per heavy atom. The number of hydrogen-bond donors (Lipinski definition) is 3. The van der Waals surface area contributed by atoms with E-state index < -0.39 is 11.8 Å². The minimum Gasteiger partial charge on any atom is -0.497 e. The molecule has 0 bridgehead atoms. The molecular formula is C15H23FN2O3. The van der Waals surface area contributed by atoms with E-state index in [9.17, 15) is 9.18 Å². The first kappa shape index (κ1) is 17.2. The fourth-order valence-electron chi connectivity index (χ4n) is 2.07. The lowest BCUT2D eigenvalue weighted by Crippen LogP contribution is -2.33. The molecule has 1 aromatic rings. The molecule has 2 amide bonds. The maximum Gasteiger partial charge on any atom is 0.319 e. The molecule has 0 aliphatic heterocycles. The zero-order valence-electron chi connectivity index (χ0n) is 12.5. The summed E-state index contributed by atoms with van der Waals surface area (Å²) in [6.45, 7) is 2.60. The molecule has 1 aromatic carbocycles. The highest BCUT2D eigenvalue weighted by molar-refractivity contribution is 5.89. The van der Waals surface area contributed by atoms with Crippen molar-refractivity contribution >= 4 is 11.7 Å². The number of nitrogens with one attached hydrogen (secondary N) is 2. The third kappa shape index (κ3) is 5.99. The van der Waals surface area contributed by atoms with Gasteiger partial charge in [0, 0.05) is 19.2 Å². The minimum atomic E-state index is -0.522. The lowest BCUT2D eigenvalue weighted by Gasteiger charge is -2.16. The summed E-state index contributed by atoms with van der Waals surface area (Å²) in [5, 5.41) is 14.1. The van der Waals surface area contributed by atoms with E-state index >= 15 is 0 Å². The number of anilines is 1. The van der Waals surface area contributed by atoms with Crippen LogP contribution in [0.25, 0.3) is 0 Å². The number of urea groups is 1. The van der Waals surface area contributed by atoms with Crippen LogP contribution in [0, 0.1) is 11.7 Å². The van der Waals surface area contributed by atoms with E-state index in [4.69, 9.17) is 9.84 Å². The Morgan fingerprint density at radius 2 is 2.19 bits per heavy atom. The fourth-order valence-corrected chi connectivity index (χ4v) is 2.07. The Bertz CT molecular complexity index is 449. The van der Waals surface area contributed by atoms with Gasteiger partial charge in [0.2, 0.25) is 0 Å². The Labute approximate surface area is 124 Å². The van der Waals surface area contributed by atoms with Crippen molar-refractivity contribution in [3.8, 4) is 5.75 Å². The van der Waals surface area contributed by atoms with E-state index in [1.54, 1.807) is 0 Å². The second-order valence-electron chi connectivity index (χ2n) is 4.85. The number of aliphatic hydroxyl groups is 1. The lowest BCUT2D eigenvalue weighted by molar-refractivity contribution is 0.236. The molecule has 0 radical (unpaired) electrons. The largest absolute Gasteiger partial charge is 0.497 e. The normalized spacial score (nSPS) is 11.8. The Morgan fingerprint density at radius 1 is 1.43 bits per heavy atom. The van der Waals surface area contributed by atoms with Gasteiger partial charge in [-0.1, -0.05) is 13.3 Å². The highest BCUT2D eigenvalue weighted by Gasteiger charge is 2.11. The lowest BCUT2D eigenvalue weighted by atomic mass is 10.0. The number of carbonyl (C=O) groups is 1. The van der Waals surface area contributed by atoms with Crippen LogP contribution in [0.1, 0.15) is 26.2 Å². The SMILES string of the molecule is CCCC(CCO)CNC(=O)Nc1cc(OC)ccc1F. The maximum absolute atomic E-state index is 13.6. The summed E-state index contributed by atoms with van der Waals surface area (Å²) in [4.78, 5) is 11.8. The quantitative estimate of drug-likeness (QED) is 0.691. The van der Waals surface area contributed by atoms with Crippen LogP contribution in [-0.2, 0) is 0 Å². The monoisotopic (exact) mass is 298 g/mol. The van der Waals surface area contributed by atoms with E-state index in [1.165, 1.54) is 25.3 Å². The number of halogens is 1. The van der Waals surface area contributed by atoms with Crippen LogP contribution in [0.2, 0.25) is 0 Å². The zero-order chi connectivity index (χ0) is 15.7. The van der Waals surface area contributed by atoms with E-state index in [0.717, 1.165) is 12.8 Å². The second-order valence-corrected chi connectivity index (χ2v) is 4.85. The third-order valence-electron chi connectivity index (χ3n) is 3.21. The first-order valence-electron chi connectivity index (χ1n) is 7.10. The molecule has 118 valence electrons. The van der Waals surface area contributed by atoms with Crippen molar-refractivity contribution in [1.29, 1.82) is 0 Å². The summed E-state index contributed by atoms with van der Waals surface area (Å²) >= 11 is 0. The number of amides is 2. The standard InChI is InChI=1S/C15H23FN2O3/c1-3-4-11(7-8-19)10-17-15(20)18-14-9-12(21-2)5-6-13(14)16/h5-6,9,11,19H,3-4,7-8,10H2,1-2H3,(H2,17,18,20). The highest BCUT2D eigenvalue weighted by Crippen LogP contribution is 2.20. The van der Waals surface area contributed by atoms with Crippen molar-refractivity contribution < 1.29 is 19.0 Å². The van der Waals surface area contributed by atoms with Crippen molar-refractivity contribution in [2.45, 2.75) is 26.2 Å². The predicted molar refractivity (Wildman–Crippen MR) is 80.1 cm³/mol. The number of aliphatic hydroxyl groups excluding tert-OH is 1. The van der Waals surface area contributed by atoms with Gasteiger partial charge in [-0.15, -0.1) is 0 Å². The van der Waals surface area contributed by atoms with Crippen LogP contribution in [0.15, 0.2) is 18.2 Å². The second kappa shape index (κ2) is 9.18. The summed E-state index contributed by atoms with van der Waals surface area (Å²) in [7, 11) is 1.47. The van der Waals surface area contributed by atoms with Gasteiger partial charge in [-0.2, -0.15) is 0 Å². The summed E-state index contributed by atoms with van der Waals surface area (Å²) < 4.78 is 18.6. The molecule has 5 nitrogen and oxygen atoms in total. The van der Waals surface area contributed by atoms with Crippen molar-refractivity contribution in [3.63, 3.8) is 0 Å². The van der Waals surface area contributed by atoms with Gasteiger partial charge in [0.25, 0.3) is 0 Å². The van der Waals surface area contributed by atoms with Crippen molar-refractivity contribution in [2.75, 3.05) is 25.6 Å². The van der Waals surface area contributed by atoms with Gasteiger partial charge < -0.3 is 20.5 Å². The average Bonchev–Trinajstić information content (AvgIpc) is 2.47. The summed E-state index contributed by atoms with van der Waals surface area (Å²) in [5.41, 5.74) is 0.0704. The van der Waals surface area contributed by atoms with Crippen molar-refractivity contribution in [3.05, 3.63) is 24.0 Å². The number of hydrogen-bond acceptors (Lipinski definition) is 3. The van der Waals surface area contributed by atoms with E-state index in [1.807, 2.05) is 0 Å². The van der Waals surface area contributed by atoms with E-state index in [0.29, 0.717) is 18.7 Å². The molecule has 0 aliphatic rings. The van der Waals surface area contributed by atoms with Crippen molar-refractivity contribution in [2.24, 2.45) is 5.92 Å². The number of ether oxygens (including phenoxy) is 1. The highest BCUT2D eigenvalue weighted by atomic mass is 19.1. The smallest absolute Gasteiger partial charge is 0.319 e. The van der Waals surface area contributed by atoms with Gasteiger partial charge in [0.05, 0.1) is 12.8 Å². The average molecular weight is 298 g/mol. The van der Waals surface area contributed by atoms with Gasteiger partial charge in [-0.25, -0.2) is 9.18 Å². The maximum atomic E-state index is 13.6. The number of rotatable bonds is 8. The molecule has 0 heterocycles. The van der Waals surface area contributed by atoms with E-state index in [-0.39, 0.29) is 18.2 Å². The molecule has 0 fully saturated rings. The molecule has 6 heteroatoms. The van der Waals surface area contributed by atoms with Crippen LogP contribution in [-0.4, -0.2) is 31.4 Å². The number of carbonyl (C=O) groups excluding carboxylic acids is 1. The molecular weight excluding hydrogens is 275 g/mol. The summed E-state index contributed by atoms with van der Waals surface area (Å²) in [5.74, 6) is 0.170. The molecule has 1 rings (SSSR count). The molecule has 0 aliphatic carbocycles. The Balaban J connectivity index is 2.53. The zero-order valence-corrected chi connectivity index (χ0v) is 12.5. The first-order valence-corrected chi connectivity index (χ1v) is 7.10. The van der Waals surface area contributed by atoms with Crippen LogP contribution < -0.4 is 15.4 Å². The topological polar surface area (TPSA) is 70.6 Å². The van der Waals surface area contributed by atoms with Crippen LogP contribution in [0.5, 0.6) is 5.75 Å². The molecule has 0 saturated carbocycles. The molecule has 3 N–H and O–H groups in total. The van der Waals surface area contributed by atoms with Crippen LogP contribution >= 0.6 is 0 Å². The Hall–Kier alpha value is -1.82. The fraction of sp³-hybridized carbons (Fsp3) is 0.533. The number of methoxy groups -OCH3 is 1. The summed E-state index contributed by atoms with van der Waals surface area (Å²) in [6, 6.07) is 3.67. The van der Waals surface area contributed by atoms with Gasteiger partial charge in [-0.3, -0.25) is 0 Å². The molecule has 0 spiro atoms. The number of benzene rings is 1. The van der Waals surface area contributed by atoms with Gasteiger partial charge in [0.15, 0.2) is 0 Å². The molecule has 21 heavy (non-hydrogen) atoms. The minimum absolute atomic E-state index is 0.0704. The molecule has 1 unspecified atom stereocenters. The molecule has 0 saturated heterocycles. The Kier molecular flexibility index (Phi) is 7.53. The van der Waals surface area contributed by atoms with Crippen LogP contribution in [0.4, 0.5) is 14.9 Å². The molecule has 0 aromatic heterocycles.